The van der Waals surface area contributed by atoms with Crippen molar-refractivity contribution in [3.8, 4) is 5.75 Å². The zero-order valence-corrected chi connectivity index (χ0v) is 13.1. The number of likely N-dealkylation sites (N-methyl/N-ethyl adjacent to an activating group) is 1. The van der Waals surface area contributed by atoms with Crippen molar-refractivity contribution in [1.29, 1.82) is 0 Å². The minimum Gasteiger partial charge on any atom is -0.497 e. The van der Waals surface area contributed by atoms with E-state index in [1.807, 2.05) is 19.2 Å². The van der Waals surface area contributed by atoms with E-state index >= 15 is 0 Å². The van der Waals surface area contributed by atoms with Crippen LogP contribution in [0.1, 0.15) is 6.42 Å². The van der Waals surface area contributed by atoms with Crippen LogP contribution >= 0.6 is 0 Å². The summed E-state index contributed by atoms with van der Waals surface area (Å²) < 4.78 is 5.29. The summed E-state index contributed by atoms with van der Waals surface area (Å²) >= 11 is 0. The van der Waals surface area contributed by atoms with Gasteiger partial charge in [-0.15, -0.1) is 0 Å². The third kappa shape index (κ3) is 4.59. The highest BCUT2D eigenvalue weighted by Crippen LogP contribution is 2.22. The van der Waals surface area contributed by atoms with Crippen LogP contribution < -0.4 is 15.0 Å². The average molecular weight is 293 g/mol. The van der Waals surface area contributed by atoms with E-state index in [1.165, 1.54) is 5.69 Å². The largest absolute Gasteiger partial charge is 0.497 e. The number of benzene rings is 1. The Morgan fingerprint density at radius 3 is 2.67 bits per heavy atom. The predicted octanol–water partition coefficient (Wildman–Crippen LogP) is 0.788. The summed E-state index contributed by atoms with van der Waals surface area (Å²) in [5.41, 5.74) is 1.23. The molecule has 5 heteroatoms. The molecule has 0 aromatic heterocycles. The van der Waals surface area contributed by atoms with Crippen LogP contribution in [-0.2, 0) is 0 Å². The first-order valence-corrected chi connectivity index (χ1v) is 7.66. The number of methoxy groups -OCH3 is 1. The van der Waals surface area contributed by atoms with E-state index in [0.717, 1.165) is 44.9 Å². The second-order valence-electron chi connectivity index (χ2n) is 5.49. The summed E-state index contributed by atoms with van der Waals surface area (Å²) in [6.07, 6.45) is 0.992. The van der Waals surface area contributed by atoms with E-state index in [-0.39, 0.29) is 12.6 Å². The average Bonchev–Trinajstić information content (AvgIpc) is 2.56. The lowest BCUT2D eigenvalue weighted by atomic mass is 10.2. The van der Waals surface area contributed by atoms with E-state index in [4.69, 9.17) is 4.74 Å². The third-order valence-corrected chi connectivity index (χ3v) is 4.21. The molecule has 1 aromatic carbocycles. The molecular formula is C16H27N3O2. The van der Waals surface area contributed by atoms with E-state index in [2.05, 4.69) is 27.2 Å². The van der Waals surface area contributed by atoms with Gasteiger partial charge in [-0.25, -0.2) is 0 Å². The van der Waals surface area contributed by atoms with Gasteiger partial charge in [0.1, 0.15) is 5.75 Å². The summed E-state index contributed by atoms with van der Waals surface area (Å²) in [5.74, 6) is 0.912. The SMILES string of the molecule is CNC(CO)CCN1CCN(c2cccc(OC)c2)CC1. The topological polar surface area (TPSA) is 48.0 Å². The Hall–Kier alpha value is -1.30. The molecular weight excluding hydrogens is 266 g/mol. The maximum absolute atomic E-state index is 9.19. The minimum atomic E-state index is 0.209. The molecule has 1 fully saturated rings. The fourth-order valence-corrected chi connectivity index (χ4v) is 2.70. The summed E-state index contributed by atoms with van der Waals surface area (Å²) in [7, 11) is 3.61. The van der Waals surface area contributed by atoms with E-state index in [1.54, 1.807) is 7.11 Å². The second kappa shape index (κ2) is 8.22. The molecule has 1 aliphatic rings. The Labute approximate surface area is 127 Å². The maximum Gasteiger partial charge on any atom is 0.120 e. The van der Waals surface area contributed by atoms with Gasteiger partial charge in [-0.1, -0.05) is 6.07 Å². The summed E-state index contributed by atoms with van der Waals surface area (Å²) in [6, 6.07) is 8.46. The number of aliphatic hydroxyl groups is 1. The van der Waals surface area contributed by atoms with Crippen molar-refractivity contribution < 1.29 is 9.84 Å². The van der Waals surface area contributed by atoms with Gasteiger partial charge < -0.3 is 20.1 Å². The number of ether oxygens (including phenoxy) is 1. The second-order valence-corrected chi connectivity index (χ2v) is 5.49. The van der Waals surface area contributed by atoms with Crippen molar-refractivity contribution in [3.63, 3.8) is 0 Å². The molecule has 5 nitrogen and oxygen atoms in total. The maximum atomic E-state index is 9.19. The zero-order valence-electron chi connectivity index (χ0n) is 13.1. The van der Waals surface area contributed by atoms with Crippen LogP contribution in [0.2, 0.25) is 0 Å². The summed E-state index contributed by atoms with van der Waals surface area (Å²) in [6.45, 7) is 5.46. The van der Waals surface area contributed by atoms with Crippen LogP contribution in [0.15, 0.2) is 24.3 Å². The number of anilines is 1. The fraction of sp³-hybridized carbons (Fsp3) is 0.625. The van der Waals surface area contributed by atoms with Crippen molar-refractivity contribution in [3.05, 3.63) is 24.3 Å². The molecule has 0 bridgehead atoms. The molecule has 0 saturated carbocycles. The molecule has 1 aliphatic heterocycles. The molecule has 1 atom stereocenters. The molecule has 1 unspecified atom stereocenters. The monoisotopic (exact) mass is 293 g/mol. The quantitative estimate of drug-likeness (QED) is 0.778. The molecule has 2 rings (SSSR count). The Morgan fingerprint density at radius 2 is 2.05 bits per heavy atom. The number of piperazine rings is 1. The van der Waals surface area contributed by atoms with E-state index in [9.17, 15) is 5.11 Å². The van der Waals surface area contributed by atoms with Gasteiger partial charge in [-0.3, -0.25) is 4.90 Å². The summed E-state index contributed by atoms with van der Waals surface area (Å²) in [4.78, 5) is 4.87. The number of nitrogens with one attached hydrogen (secondary N) is 1. The minimum absolute atomic E-state index is 0.209. The molecule has 118 valence electrons. The predicted molar refractivity (Wildman–Crippen MR) is 86.2 cm³/mol. The number of nitrogens with zero attached hydrogens (tertiary/aromatic N) is 2. The lowest BCUT2D eigenvalue weighted by Gasteiger charge is -2.36. The van der Waals surface area contributed by atoms with Crippen LogP contribution in [0.5, 0.6) is 5.75 Å². The summed E-state index contributed by atoms with van der Waals surface area (Å²) in [5, 5.41) is 12.3. The van der Waals surface area contributed by atoms with Crippen molar-refractivity contribution >= 4 is 5.69 Å². The van der Waals surface area contributed by atoms with Crippen LogP contribution in [0.4, 0.5) is 5.69 Å². The molecule has 0 amide bonds. The first-order chi connectivity index (χ1) is 10.3. The molecule has 0 aliphatic carbocycles. The molecule has 0 spiro atoms. The highest BCUT2D eigenvalue weighted by molar-refractivity contribution is 5.51. The van der Waals surface area contributed by atoms with Crippen molar-refractivity contribution in [1.82, 2.24) is 10.2 Å². The Morgan fingerprint density at radius 1 is 1.29 bits per heavy atom. The van der Waals surface area contributed by atoms with Crippen molar-refractivity contribution in [2.45, 2.75) is 12.5 Å². The van der Waals surface area contributed by atoms with Crippen LogP contribution in [0.3, 0.4) is 0 Å². The lowest BCUT2D eigenvalue weighted by Crippen LogP contribution is -2.47. The van der Waals surface area contributed by atoms with Gasteiger partial charge in [0.05, 0.1) is 13.7 Å². The Bertz CT molecular complexity index is 416. The Balaban J connectivity index is 1.80. The fourth-order valence-electron chi connectivity index (χ4n) is 2.70. The van der Waals surface area contributed by atoms with Gasteiger partial charge in [-0.2, -0.15) is 0 Å². The van der Waals surface area contributed by atoms with Crippen LogP contribution in [0, 0.1) is 0 Å². The zero-order chi connectivity index (χ0) is 15.1. The third-order valence-electron chi connectivity index (χ3n) is 4.21. The van der Waals surface area contributed by atoms with Gasteiger partial charge in [0, 0.05) is 44.0 Å². The normalized spacial score (nSPS) is 17.8. The molecule has 1 heterocycles. The molecule has 0 radical (unpaired) electrons. The number of hydrogen-bond acceptors (Lipinski definition) is 5. The van der Waals surface area contributed by atoms with E-state index in [0.29, 0.717) is 0 Å². The van der Waals surface area contributed by atoms with Gasteiger partial charge in [0.15, 0.2) is 0 Å². The smallest absolute Gasteiger partial charge is 0.120 e. The highest BCUT2D eigenvalue weighted by Gasteiger charge is 2.18. The molecule has 21 heavy (non-hydrogen) atoms. The van der Waals surface area contributed by atoms with Crippen LogP contribution in [0.25, 0.3) is 0 Å². The molecule has 2 N–H and O–H groups in total. The number of hydrogen-bond donors (Lipinski definition) is 2. The number of rotatable bonds is 7. The van der Waals surface area contributed by atoms with Gasteiger partial charge in [-0.05, 0) is 32.1 Å². The van der Waals surface area contributed by atoms with Gasteiger partial charge >= 0.3 is 0 Å². The molecule has 1 saturated heterocycles. The first-order valence-electron chi connectivity index (χ1n) is 7.66. The van der Waals surface area contributed by atoms with Crippen LogP contribution in [-0.4, -0.2) is 69.5 Å². The Kier molecular flexibility index (Phi) is 6.29. The lowest BCUT2D eigenvalue weighted by molar-refractivity contribution is 0.205. The standard InChI is InChI=1S/C16H27N3O2/c1-17-14(13-20)6-7-18-8-10-19(11-9-18)15-4-3-5-16(12-15)21-2/h3-5,12,14,17,20H,6-11,13H2,1-2H3. The first kappa shape index (κ1) is 16.1. The van der Waals surface area contributed by atoms with Gasteiger partial charge in [0.2, 0.25) is 0 Å². The molecule has 1 aromatic rings. The van der Waals surface area contributed by atoms with Crippen molar-refractivity contribution in [2.75, 3.05) is 58.4 Å². The van der Waals surface area contributed by atoms with Gasteiger partial charge in [0.25, 0.3) is 0 Å². The number of aliphatic hydroxyl groups excluding tert-OH is 1. The van der Waals surface area contributed by atoms with Crippen molar-refractivity contribution in [2.24, 2.45) is 0 Å². The van der Waals surface area contributed by atoms with E-state index < -0.39 is 0 Å². The highest BCUT2D eigenvalue weighted by atomic mass is 16.5.